The minimum absolute atomic E-state index is 0.0163. The van der Waals surface area contributed by atoms with Gasteiger partial charge in [0.2, 0.25) is 0 Å². The van der Waals surface area contributed by atoms with Crippen molar-refractivity contribution >= 4 is 11.8 Å². The zero-order valence-electron chi connectivity index (χ0n) is 22.5. The van der Waals surface area contributed by atoms with E-state index in [1.54, 1.807) is 0 Å². The predicted molar refractivity (Wildman–Crippen MR) is 137 cm³/mol. The van der Waals surface area contributed by atoms with E-state index in [9.17, 15) is 9.59 Å². The molecular weight excluding hydrogens is 432 g/mol. The first-order valence-electron chi connectivity index (χ1n) is 15.0. The van der Waals surface area contributed by atoms with Crippen LogP contribution in [0.5, 0.6) is 0 Å². The first-order chi connectivity index (χ1) is 16.7. The molecule has 1 unspecified atom stereocenters. The minimum Gasteiger partial charge on any atom is -0.338 e. The highest BCUT2D eigenvalue weighted by Crippen LogP contribution is 2.64. The van der Waals surface area contributed by atoms with Crippen LogP contribution in [0.3, 0.4) is 0 Å². The summed E-state index contributed by atoms with van der Waals surface area (Å²) in [4.78, 5) is 31.8. The first kappa shape index (κ1) is 22.8. The fourth-order valence-corrected chi connectivity index (χ4v) is 11.9. The molecule has 4 bridgehead atoms. The minimum atomic E-state index is -0.0780. The van der Waals surface area contributed by atoms with Crippen molar-refractivity contribution < 1.29 is 9.59 Å². The highest BCUT2D eigenvalue weighted by molar-refractivity contribution is 6.19. The van der Waals surface area contributed by atoms with Gasteiger partial charge in [-0.25, -0.2) is 0 Å². The Hall–Kier alpha value is -1.32. The van der Waals surface area contributed by atoms with Crippen LogP contribution < -0.4 is 0 Å². The van der Waals surface area contributed by atoms with E-state index >= 15 is 0 Å². The van der Waals surface area contributed by atoms with Crippen molar-refractivity contribution in [3.05, 3.63) is 11.6 Å². The molecule has 7 saturated carbocycles. The van der Waals surface area contributed by atoms with E-state index in [0.717, 1.165) is 30.1 Å². The third-order valence-corrected chi connectivity index (χ3v) is 13.2. The molecule has 7 fully saturated rings. The maximum absolute atomic E-state index is 14.1. The molecule has 8 aliphatic rings. The lowest BCUT2D eigenvalue weighted by molar-refractivity contribution is -0.147. The molecule has 0 aromatic carbocycles. The van der Waals surface area contributed by atoms with Crippen LogP contribution in [0.15, 0.2) is 11.6 Å². The Balaban J connectivity index is 1.20. The van der Waals surface area contributed by atoms with Crippen molar-refractivity contribution in [3.63, 3.8) is 0 Å². The highest BCUT2D eigenvalue weighted by atomic mass is 16.2. The van der Waals surface area contributed by atoms with Gasteiger partial charge in [-0.1, -0.05) is 26.3 Å². The lowest BCUT2D eigenvalue weighted by atomic mass is 9.48. The van der Waals surface area contributed by atoms with Gasteiger partial charge in [0.25, 0.3) is 11.8 Å². The van der Waals surface area contributed by atoms with E-state index in [1.165, 1.54) is 70.6 Å². The Morgan fingerprint density at radius 2 is 1.63 bits per heavy atom. The van der Waals surface area contributed by atoms with E-state index in [-0.39, 0.29) is 23.3 Å². The summed E-state index contributed by atoms with van der Waals surface area (Å²) in [5.74, 6) is 5.28. The zero-order chi connectivity index (χ0) is 24.3. The molecule has 0 spiro atoms. The summed E-state index contributed by atoms with van der Waals surface area (Å²) in [6.45, 7) is 4.96. The Morgan fingerprint density at radius 1 is 0.943 bits per heavy atom. The Morgan fingerprint density at radius 3 is 2.31 bits per heavy atom. The Bertz CT molecular complexity index is 943. The van der Waals surface area contributed by atoms with Crippen LogP contribution in [0.1, 0.15) is 90.9 Å². The molecule has 0 saturated heterocycles. The van der Waals surface area contributed by atoms with Gasteiger partial charge >= 0.3 is 0 Å². The van der Waals surface area contributed by atoms with E-state index < -0.39 is 0 Å². The fourth-order valence-electron chi connectivity index (χ4n) is 11.9. The van der Waals surface area contributed by atoms with Gasteiger partial charge in [0.15, 0.2) is 0 Å². The molecule has 0 aromatic rings. The van der Waals surface area contributed by atoms with Gasteiger partial charge in [0, 0.05) is 31.6 Å². The van der Waals surface area contributed by atoms with Crippen LogP contribution in [0, 0.1) is 52.3 Å². The number of nitrogens with zero attached hydrogens (tertiary/aromatic N) is 2. The number of rotatable bonds is 2. The van der Waals surface area contributed by atoms with Crippen molar-refractivity contribution in [3.8, 4) is 0 Å². The number of carbonyl (C=O) groups excluding carboxylic acids is 2. The molecule has 1 heterocycles. The second kappa shape index (κ2) is 7.60. The molecule has 4 nitrogen and oxygen atoms in total. The molecule has 35 heavy (non-hydrogen) atoms. The van der Waals surface area contributed by atoms with E-state index in [0.29, 0.717) is 34.8 Å². The molecular formula is C31H46N2O2. The van der Waals surface area contributed by atoms with E-state index in [4.69, 9.17) is 0 Å². The fraction of sp³-hybridized carbons (Fsp3) is 0.871. The van der Waals surface area contributed by atoms with E-state index in [2.05, 4.69) is 19.9 Å². The van der Waals surface area contributed by atoms with Crippen LogP contribution in [0.4, 0.5) is 0 Å². The molecule has 2 amide bonds. The monoisotopic (exact) mass is 478 g/mol. The Labute approximate surface area is 212 Å². The van der Waals surface area contributed by atoms with E-state index in [1.807, 2.05) is 23.9 Å². The van der Waals surface area contributed by atoms with Crippen LogP contribution in [0.25, 0.3) is 0 Å². The van der Waals surface area contributed by atoms with Gasteiger partial charge in [-0.3, -0.25) is 9.59 Å². The smallest absolute Gasteiger partial charge is 0.259 e. The average Bonchev–Trinajstić information content (AvgIpc) is 3.22. The van der Waals surface area contributed by atoms with Crippen molar-refractivity contribution in [2.75, 3.05) is 14.1 Å². The molecule has 0 N–H and O–H groups in total. The summed E-state index contributed by atoms with van der Waals surface area (Å²) in [7, 11) is 4.00. The van der Waals surface area contributed by atoms with Gasteiger partial charge in [-0.05, 0) is 117 Å². The largest absolute Gasteiger partial charge is 0.338 e. The normalized spacial score (nSPS) is 52.0. The first-order valence-corrected chi connectivity index (χ1v) is 15.0. The van der Waals surface area contributed by atoms with Crippen LogP contribution in [0.2, 0.25) is 0 Å². The van der Waals surface area contributed by atoms with Crippen molar-refractivity contribution in [2.45, 2.75) is 103 Å². The number of fused-ring (bicyclic) bond motifs is 5. The summed E-state index contributed by atoms with van der Waals surface area (Å²) >= 11 is 0. The maximum Gasteiger partial charge on any atom is 0.259 e. The van der Waals surface area contributed by atoms with Crippen LogP contribution in [-0.4, -0.2) is 47.8 Å². The Kier molecular flexibility index (Phi) is 4.96. The lowest BCUT2D eigenvalue weighted by Gasteiger charge is -2.60. The molecule has 192 valence electrons. The average molecular weight is 479 g/mol. The maximum atomic E-state index is 14.1. The molecule has 6 atom stereocenters. The van der Waals surface area contributed by atoms with Gasteiger partial charge in [0.05, 0.1) is 0 Å². The SMILES string of the molecule is CN(C(=O)C1=C[C@@]2(C)C(CC[C@H]3[C@@H]4CCC[C@@]4(C)CC[C@@H]32)N(C)C1=O)C1C2CC3CC(C2)CC1C3. The number of hydrogen-bond donors (Lipinski definition) is 0. The quantitative estimate of drug-likeness (QED) is 0.480. The summed E-state index contributed by atoms with van der Waals surface area (Å²) < 4.78 is 0. The summed E-state index contributed by atoms with van der Waals surface area (Å²) in [6.07, 6.45) is 17.9. The molecule has 0 aromatic heterocycles. The summed E-state index contributed by atoms with van der Waals surface area (Å²) in [5.41, 5.74) is 0.941. The zero-order valence-corrected chi connectivity index (χ0v) is 22.5. The second-order valence-electron chi connectivity index (χ2n) is 14.7. The molecule has 8 rings (SSSR count). The number of carbonyl (C=O) groups is 2. The van der Waals surface area contributed by atoms with Crippen molar-refractivity contribution in [1.82, 2.24) is 9.80 Å². The highest BCUT2D eigenvalue weighted by Gasteiger charge is 2.59. The van der Waals surface area contributed by atoms with Crippen LogP contribution >= 0.6 is 0 Å². The second-order valence-corrected chi connectivity index (χ2v) is 14.7. The van der Waals surface area contributed by atoms with Crippen molar-refractivity contribution in [1.29, 1.82) is 0 Å². The molecule has 1 aliphatic heterocycles. The lowest BCUT2D eigenvalue weighted by Crippen LogP contribution is -2.62. The van der Waals surface area contributed by atoms with Gasteiger partial charge in [-0.15, -0.1) is 0 Å². The van der Waals surface area contributed by atoms with Gasteiger partial charge in [0.1, 0.15) is 5.57 Å². The number of hydrogen-bond acceptors (Lipinski definition) is 2. The third kappa shape index (κ3) is 3.10. The van der Waals surface area contributed by atoms with Crippen LogP contribution in [-0.2, 0) is 9.59 Å². The topological polar surface area (TPSA) is 40.6 Å². The summed E-state index contributed by atoms with van der Waals surface area (Å²) in [6, 6.07) is 0.581. The number of amides is 2. The third-order valence-electron chi connectivity index (χ3n) is 13.2. The van der Waals surface area contributed by atoms with Gasteiger partial charge < -0.3 is 9.80 Å². The molecule has 4 heteroatoms. The molecule has 7 aliphatic carbocycles. The van der Waals surface area contributed by atoms with Gasteiger partial charge in [-0.2, -0.15) is 0 Å². The van der Waals surface area contributed by atoms with Crippen molar-refractivity contribution in [2.24, 2.45) is 52.3 Å². The molecule has 0 radical (unpaired) electrons. The summed E-state index contributed by atoms with van der Waals surface area (Å²) in [5, 5.41) is 0. The number of likely N-dealkylation sites (N-methyl/N-ethyl adjacent to an activating group) is 2. The predicted octanol–water partition coefficient (Wildman–Crippen LogP) is 5.67. The standard InChI is InChI=1S/C31H46N2O2/c1-30-10-5-6-24(30)22-7-8-26-31(2,25(22)9-11-30)17-23(28(34)32(26)3)29(35)33(4)27-20-13-18-12-19(15-20)16-21(27)14-18/h17-22,24-27H,5-16H2,1-4H3/t18?,19?,20?,21?,22-,24-,25-,26?,27?,30-,31+/m0/s1.